The van der Waals surface area contributed by atoms with Crippen molar-refractivity contribution in [3.63, 3.8) is 0 Å². The van der Waals surface area contributed by atoms with Crippen LogP contribution in [0.1, 0.15) is 18.4 Å². The van der Waals surface area contributed by atoms with Crippen molar-refractivity contribution in [3.05, 3.63) is 60.9 Å². The van der Waals surface area contributed by atoms with Gasteiger partial charge in [0.15, 0.2) is 11.6 Å². The lowest BCUT2D eigenvalue weighted by Crippen LogP contribution is -2.43. The Morgan fingerprint density at radius 2 is 2.04 bits per heavy atom. The molecule has 0 aliphatic carbocycles. The molecule has 1 unspecified atom stereocenters. The summed E-state index contributed by atoms with van der Waals surface area (Å²) in [5.41, 5.74) is 1.000. The number of nitrogens with zero attached hydrogens (tertiary/aromatic N) is 6. The number of anilines is 1. The van der Waals surface area contributed by atoms with Gasteiger partial charge in [0.1, 0.15) is 6.33 Å². The first-order chi connectivity index (χ1) is 13.3. The normalized spacial score (nSPS) is 16.9. The van der Waals surface area contributed by atoms with Crippen molar-refractivity contribution in [2.24, 2.45) is 5.92 Å². The zero-order chi connectivity index (χ0) is 18.5. The van der Waals surface area contributed by atoms with Gasteiger partial charge in [-0.25, -0.2) is 4.98 Å². The largest absolute Gasteiger partial charge is 0.354 e. The molecule has 0 aromatic carbocycles. The van der Waals surface area contributed by atoms with E-state index in [4.69, 9.17) is 0 Å². The predicted octanol–water partition coefficient (Wildman–Crippen LogP) is 1.59. The minimum atomic E-state index is -0.0504. The van der Waals surface area contributed by atoms with E-state index in [0.29, 0.717) is 13.1 Å². The van der Waals surface area contributed by atoms with E-state index in [1.165, 1.54) is 0 Å². The van der Waals surface area contributed by atoms with Crippen LogP contribution in [0.5, 0.6) is 0 Å². The topological polar surface area (TPSA) is 88.8 Å². The highest BCUT2D eigenvalue weighted by atomic mass is 16.1. The summed E-state index contributed by atoms with van der Waals surface area (Å²) in [5, 5.41) is 11.6. The molecule has 138 valence electrons. The molecular formula is C19H21N7O. The van der Waals surface area contributed by atoms with E-state index in [2.05, 4.69) is 30.4 Å². The van der Waals surface area contributed by atoms with Crippen molar-refractivity contribution in [3.8, 4) is 5.82 Å². The fourth-order valence-corrected chi connectivity index (χ4v) is 3.25. The van der Waals surface area contributed by atoms with E-state index < -0.39 is 0 Å². The number of amides is 1. The summed E-state index contributed by atoms with van der Waals surface area (Å²) < 4.78 is 1.81. The summed E-state index contributed by atoms with van der Waals surface area (Å²) in [5.74, 6) is 1.54. The van der Waals surface area contributed by atoms with Crippen LogP contribution in [-0.4, -0.2) is 43.7 Å². The summed E-state index contributed by atoms with van der Waals surface area (Å²) in [4.78, 5) is 22.8. The summed E-state index contributed by atoms with van der Waals surface area (Å²) >= 11 is 0. The number of hydrogen-bond donors (Lipinski definition) is 1. The van der Waals surface area contributed by atoms with E-state index in [-0.39, 0.29) is 11.8 Å². The SMILES string of the molecule is O=C(NCc1cccnc1)C1CCCN(c2ccc(-n3ccnc3)nn2)C1. The fraction of sp³-hybridized carbons (Fsp3) is 0.316. The Morgan fingerprint density at radius 1 is 1.15 bits per heavy atom. The molecule has 0 bridgehead atoms. The van der Waals surface area contributed by atoms with E-state index in [0.717, 1.165) is 36.6 Å². The van der Waals surface area contributed by atoms with Crippen molar-refractivity contribution in [2.45, 2.75) is 19.4 Å². The Hall–Kier alpha value is -3.29. The Bertz CT molecular complexity index is 865. The molecule has 3 aromatic heterocycles. The van der Waals surface area contributed by atoms with Gasteiger partial charge in [0.2, 0.25) is 5.91 Å². The third-order valence-corrected chi connectivity index (χ3v) is 4.71. The van der Waals surface area contributed by atoms with Crippen molar-refractivity contribution in [1.82, 2.24) is 30.0 Å². The van der Waals surface area contributed by atoms with Gasteiger partial charge in [0, 0.05) is 44.4 Å². The van der Waals surface area contributed by atoms with Gasteiger partial charge in [0.05, 0.1) is 5.92 Å². The van der Waals surface area contributed by atoms with E-state index in [9.17, 15) is 4.79 Å². The van der Waals surface area contributed by atoms with Gasteiger partial charge >= 0.3 is 0 Å². The lowest BCUT2D eigenvalue weighted by molar-refractivity contribution is -0.125. The van der Waals surface area contributed by atoms with Crippen LogP contribution in [0.25, 0.3) is 5.82 Å². The molecule has 1 aliphatic heterocycles. The molecule has 1 N–H and O–H groups in total. The fourth-order valence-electron chi connectivity index (χ4n) is 3.25. The average molecular weight is 363 g/mol. The van der Waals surface area contributed by atoms with Gasteiger partial charge in [-0.2, -0.15) is 0 Å². The standard InChI is InChI=1S/C19H21N7O/c27-19(22-12-15-3-1-7-20-11-15)16-4-2-9-25(13-16)17-5-6-18(24-23-17)26-10-8-21-14-26/h1,3,5-8,10-11,14,16H,2,4,9,12-13H2,(H,22,27). The Labute approximate surface area is 157 Å². The first kappa shape index (κ1) is 17.1. The maximum absolute atomic E-state index is 12.6. The predicted molar refractivity (Wildman–Crippen MR) is 100 cm³/mol. The first-order valence-electron chi connectivity index (χ1n) is 9.03. The second-order valence-electron chi connectivity index (χ2n) is 6.58. The maximum Gasteiger partial charge on any atom is 0.225 e. The van der Waals surface area contributed by atoms with Gasteiger partial charge in [-0.1, -0.05) is 6.07 Å². The van der Waals surface area contributed by atoms with Gasteiger partial charge in [0.25, 0.3) is 0 Å². The smallest absolute Gasteiger partial charge is 0.225 e. The molecule has 27 heavy (non-hydrogen) atoms. The quantitative estimate of drug-likeness (QED) is 0.741. The van der Waals surface area contributed by atoms with Crippen LogP contribution in [0, 0.1) is 5.92 Å². The number of carbonyl (C=O) groups excluding carboxylic acids is 1. The van der Waals surface area contributed by atoms with E-state index >= 15 is 0 Å². The number of aromatic nitrogens is 5. The van der Waals surface area contributed by atoms with Crippen LogP contribution < -0.4 is 10.2 Å². The zero-order valence-electron chi connectivity index (χ0n) is 14.9. The number of pyridine rings is 1. The summed E-state index contributed by atoms with van der Waals surface area (Å²) in [6.45, 7) is 2.03. The van der Waals surface area contributed by atoms with Gasteiger partial charge < -0.3 is 10.2 Å². The van der Waals surface area contributed by atoms with Crippen molar-refractivity contribution < 1.29 is 4.79 Å². The molecular weight excluding hydrogens is 342 g/mol. The average Bonchev–Trinajstić information content (AvgIpc) is 3.28. The van der Waals surface area contributed by atoms with Crippen LogP contribution in [0.2, 0.25) is 0 Å². The Kier molecular flexibility index (Phi) is 5.04. The third kappa shape index (κ3) is 4.11. The Balaban J connectivity index is 1.36. The number of carbonyl (C=O) groups is 1. The number of nitrogens with one attached hydrogen (secondary N) is 1. The van der Waals surface area contributed by atoms with Crippen LogP contribution in [-0.2, 0) is 11.3 Å². The minimum absolute atomic E-state index is 0.0504. The molecule has 1 atom stereocenters. The molecule has 1 amide bonds. The number of piperidine rings is 1. The molecule has 0 saturated carbocycles. The van der Waals surface area contributed by atoms with Crippen molar-refractivity contribution in [2.75, 3.05) is 18.0 Å². The van der Waals surface area contributed by atoms with Gasteiger partial charge in [-0.15, -0.1) is 10.2 Å². The second-order valence-corrected chi connectivity index (χ2v) is 6.58. The van der Waals surface area contributed by atoms with Crippen LogP contribution in [0.3, 0.4) is 0 Å². The molecule has 0 radical (unpaired) electrons. The molecule has 1 fully saturated rings. The number of imidazole rings is 1. The summed E-state index contributed by atoms with van der Waals surface area (Å²) in [7, 11) is 0. The third-order valence-electron chi connectivity index (χ3n) is 4.71. The monoisotopic (exact) mass is 363 g/mol. The summed E-state index contributed by atoms with van der Waals surface area (Å²) in [6.07, 6.45) is 10.6. The zero-order valence-corrected chi connectivity index (χ0v) is 14.9. The van der Waals surface area contributed by atoms with Crippen LogP contribution >= 0.6 is 0 Å². The van der Waals surface area contributed by atoms with Crippen LogP contribution in [0.4, 0.5) is 5.82 Å². The highest BCUT2D eigenvalue weighted by Gasteiger charge is 2.26. The number of hydrogen-bond acceptors (Lipinski definition) is 6. The molecule has 4 rings (SSSR count). The molecule has 3 aromatic rings. The first-order valence-corrected chi connectivity index (χ1v) is 9.03. The molecule has 0 spiro atoms. The van der Waals surface area contributed by atoms with E-state index in [1.807, 2.05) is 35.0 Å². The number of rotatable bonds is 5. The van der Waals surface area contributed by atoms with Gasteiger partial charge in [-0.3, -0.25) is 14.3 Å². The molecule has 8 heteroatoms. The van der Waals surface area contributed by atoms with E-state index in [1.54, 1.807) is 24.9 Å². The molecule has 1 aliphatic rings. The molecule has 8 nitrogen and oxygen atoms in total. The van der Waals surface area contributed by atoms with Crippen molar-refractivity contribution in [1.29, 1.82) is 0 Å². The lowest BCUT2D eigenvalue weighted by Gasteiger charge is -2.32. The molecule has 4 heterocycles. The Morgan fingerprint density at radius 3 is 2.78 bits per heavy atom. The lowest BCUT2D eigenvalue weighted by atomic mass is 9.97. The highest BCUT2D eigenvalue weighted by molar-refractivity contribution is 5.79. The van der Waals surface area contributed by atoms with Crippen LogP contribution in [0.15, 0.2) is 55.4 Å². The van der Waals surface area contributed by atoms with Crippen molar-refractivity contribution >= 4 is 11.7 Å². The maximum atomic E-state index is 12.6. The van der Waals surface area contributed by atoms with Gasteiger partial charge in [-0.05, 0) is 36.6 Å². The minimum Gasteiger partial charge on any atom is -0.354 e. The highest BCUT2D eigenvalue weighted by Crippen LogP contribution is 2.22. The molecule has 1 saturated heterocycles. The second kappa shape index (κ2) is 7.94. The summed E-state index contributed by atoms with van der Waals surface area (Å²) in [6, 6.07) is 7.68.